The predicted molar refractivity (Wildman–Crippen MR) is 85.4 cm³/mol. The number of amides is 2. The molecule has 0 bridgehead atoms. The maximum Gasteiger partial charge on any atom is 0.318 e. The van der Waals surface area contributed by atoms with Crippen molar-refractivity contribution in [3.8, 4) is 5.75 Å². The van der Waals surface area contributed by atoms with E-state index in [9.17, 15) is 18.0 Å². The van der Waals surface area contributed by atoms with Crippen LogP contribution in [0.25, 0.3) is 0 Å². The van der Waals surface area contributed by atoms with Crippen LogP contribution in [-0.4, -0.2) is 31.9 Å². The smallest absolute Gasteiger partial charge is 0.318 e. The first-order valence-corrected chi connectivity index (χ1v) is 9.38. The highest BCUT2D eigenvalue weighted by Crippen LogP contribution is 2.21. The van der Waals surface area contributed by atoms with E-state index < -0.39 is 21.9 Å². The normalized spacial score (nSPS) is 15.1. The van der Waals surface area contributed by atoms with Gasteiger partial charge in [-0.25, -0.2) is 0 Å². The van der Waals surface area contributed by atoms with Gasteiger partial charge in [0.25, 0.3) is 11.8 Å². The summed E-state index contributed by atoms with van der Waals surface area (Å²) in [6.07, 6.45) is 4.25. The van der Waals surface area contributed by atoms with Crippen molar-refractivity contribution in [2.75, 3.05) is 6.61 Å². The molecule has 2 rings (SSSR count). The first-order chi connectivity index (χ1) is 11.4. The Hall–Kier alpha value is -1.93. The summed E-state index contributed by atoms with van der Waals surface area (Å²) in [4.78, 5) is 22.7. The van der Waals surface area contributed by atoms with E-state index >= 15 is 0 Å². The van der Waals surface area contributed by atoms with Crippen molar-refractivity contribution in [3.63, 3.8) is 0 Å². The number of carbonyl (C=O) groups excluding carboxylic acids is 2. The molecular formula is C16H21NO6S. The maximum absolute atomic E-state index is 12.1. The molecule has 0 radical (unpaired) electrons. The van der Waals surface area contributed by atoms with Crippen LogP contribution >= 0.6 is 0 Å². The van der Waals surface area contributed by atoms with E-state index in [-0.39, 0.29) is 17.7 Å². The summed E-state index contributed by atoms with van der Waals surface area (Å²) in [6.45, 7) is 2.70. The van der Waals surface area contributed by atoms with Crippen LogP contribution in [0.3, 0.4) is 0 Å². The van der Waals surface area contributed by atoms with E-state index in [1.165, 1.54) is 24.3 Å². The molecule has 1 aromatic rings. The average Bonchev–Trinajstić information content (AvgIpc) is 2.87. The van der Waals surface area contributed by atoms with Crippen molar-refractivity contribution >= 4 is 21.9 Å². The SMILES string of the molecule is CCCCCCOc1ccc(S(=O)(=O)ON2C(=O)CCC2=O)cc1. The van der Waals surface area contributed by atoms with E-state index in [0.717, 1.165) is 25.7 Å². The standard InChI is InChI=1S/C16H21NO6S/c1-2-3-4-5-12-22-13-6-8-14(9-7-13)24(20,21)23-17-15(18)10-11-16(17)19/h6-9H,2-5,10-12H2,1H3. The lowest BCUT2D eigenvalue weighted by molar-refractivity contribution is -0.163. The fourth-order valence-electron chi connectivity index (χ4n) is 2.20. The van der Waals surface area contributed by atoms with Gasteiger partial charge in [-0.15, -0.1) is 9.35 Å². The summed E-state index contributed by atoms with van der Waals surface area (Å²) in [7, 11) is -4.23. The van der Waals surface area contributed by atoms with E-state index in [4.69, 9.17) is 4.74 Å². The molecule has 0 saturated carbocycles. The lowest BCUT2D eigenvalue weighted by atomic mass is 10.2. The zero-order valence-corrected chi connectivity index (χ0v) is 14.4. The van der Waals surface area contributed by atoms with Gasteiger partial charge in [0.1, 0.15) is 5.75 Å². The molecule has 1 heterocycles. The van der Waals surface area contributed by atoms with Gasteiger partial charge in [0.2, 0.25) is 0 Å². The first kappa shape index (κ1) is 18.4. The minimum atomic E-state index is -4.23. The first-order valence-electron chi connectivity index (χ1n) is 7.97. The van der Waals surface area contributed by atoms with E-state index in [0.29, 0.717) is 17.4 Å². The van der Waals surface area contributed by atoms with Gasteiger partial charge in [-0.2, -0.15) is 8.42 Å². The van der Waals surface area contributed by atoms with Crippen LogP contribution in [0.15, 0.2) is 29.2 Å². The van der Waals surface area contributed by atoms with Gasteiger partial charge in [0.05, 0.1) is 11.5 Å². The van der Waals surface area contributed by atoms with Crippen molar-refractivity contribution in [1.82, 2.24) is 5.06 Å². The molecule has 1 aliphatic heterocycles. The van der Waals surface area contributed by atoms with Crippen LogP contribution < -0.4 is 4.74 Å². The summed E-state index contributed by atoms with van der Waals surface area (Å²) >= 11 is 0. The molecule has 1 fully saturated rings. The quantitative estimate of drug-likeness (QED) is 0.499. The highest BCUT2D eigenvalue weighted by atomic mass is 32.2. The molecule has 0 aromatic heterocycles. The molecule has 0 atom stereocenters. The Morgan fingerprint density at radius 2 is 1.62 bits per heavy atom. The lowest BCUT2D eigenvalue weighted by Crippen LogP contribution is -2.32. The molecule has 0 aliphatic carbocycles. The van der Waals surface area contributed by atoms with Gasteiger partial charge in [-0.3, -0.25) is 9.59 Å². The minimum absolute atomic E-state index is 0.0425. The molecule has 1 aliphatic rings. The van der Waals surface area contributed by atoms with Gasteiger partial charge in [0, 0.05) is 12.8 Å². The summed E-state index contributed by atoms with van der Waals surface area (Å²) < 4.78 is 34.4. The second-order valence-electron chi connectivity index (χ2n) is 5.49. The summed E-state index contributed by atoms with van der Waals surface area (Å²) in [6, 6.07) is 5.68. The van der Waals surface area contributed by atoms with Crippen molar-refractivity contribution in [2.24, 2.45) is 0 Å². The number of hydrogen-bond acceptors (Lipinski definition) is 6. The highest BCUT2D eigenvalue weighted by Gasteiger charge is 2.35. The Labute approximate surface area is 141 Å². The van der Waals surface area contributed by atoms with Gasteiger partial charge >= 0.3 is 10.1 Å². The number of unbranched alkanes of at least 4 members (excludes halogenated alkanes) is 3. The monoisotopic (exact) mass is 355 g/mol. The van der Waals surface area contributed by atoms with Crippen molar-refractivity contribution < 1.29 is 27.0 Å². The van der Waals surface area contributed by atoms with Crippen LogP contribution in [0, 0.1) is 0 Å². The topological polar surface area (TPSA) is 90.0 Å². The Morgan fingerprint density at radius 1 is 1.00 bits per heavy atom. The second kappa shape index (κ2) is 8.25. The Bertz CT molecular complexity index is 667. The number of nitrogens with zero attached hydrogens (tertiary/aromatic N) is 1. The number of hydroxylamine groups is 2. The molecule has 24 heavy (non-hydrogen) atoms. The minimum Gasteiger partial charge on any atom is -0.494 e. The van der Waals surface area contributed by atoms with Crippen LogP contribution in [0.2, 0.25) is 0 Å². The molecule has 8 heteroatoms. The predicted octanol–water partition coefficient (Wildman–Crippen LogP) is 2.42. The van der Waals surface area contributed by atoms with Crippen LogP contribution in [0.4, 0.5) is 0 Å². The fraction of sp³-hybridized carbons (Fsp3) is 0.500. The van der Waals surface area contributed by atoms with Gasteiger partial charge in [-0.1, -0.05) is 26.2 Å². The molecule has 132 valence electrons. The van der Waals surface area contributed by atoms with E-state index in [1.807, 2.05) is 0 Å². The maximum atomic E-state index is 12.1. The third-order valence-corrected chi connectivity index (χ3v) is 4.75. The lowest BCUT2D eigenvalue weighted by Gasteiger charge is -2.13. The van der Waals surface area contributed by atoms with E-state index in [2.05, 4.69) is 11.2 Å². The molecular weight excluding hydrogens is 334 g/mol. The van der Waals surface area contributed by atoms with Crippen LogP contribution in [0.1, 0.15) is 45.4 Å². The molecule has 7 nitrogen and oxygen atoms in total. The van der Waals surface area contributed by atoms with Crippen molar-refractivity contribution in [1.29, 1.82) is 0 Å². The number of carbonyl (C=O) groups is 2. The fourth-order valence-corrected chi connectivity index (χ4v) is 3.12. The number of benzene rings is 1. The highest BCUT2D eigenvalue weighted by molar-refractivity contribution is 7.86. The molecule has 0 N–H and O–H groups in total. The summed E-state index contributed by atoms with van der Waals surface area (Å²) in [5.41, 5.74) is 0. The van der Waals surface area contributed by atoms with Crippen molar-refractivity contribution in [3.05, 3.63) is 24.3 Å². The second-order valence-corrected chi connectivity index (χ2v) is 7.02. The van der Waals surface area contributed by atoms with Crippen LogP contribution in [-0.2, 0) is 24.0 Å². The molecule has 0 unspecified atom stereocenters. The Morgan fingerprint density at radius 3 is 2.21 bits per heavy atom. The summed E-state index contributed by atoms with van der Waals surface area (Å²) in [5, 5.41) is 0.313. The number of rotatable bonds is 9. The zero-order chi connectivity index (χ0) is 17.6. The Balaban J connectivity index is 1.94. The zero-order valence-electron chi connectivity index (χ0n) is 13.6. The van der Waals surface area contributed by atoms with Crippen molar-refractivity contribution in [2.45, 2.75) is 50.3 Å². The number of ether oxygens (including phenoxy) is 1. The third-order valence-electron chi connectivity index (χ3n) is 3.56. The largest absolute Gasteiger partial charge is 0.494 e. The number of hydrogen-bond donors (Lipinski definition) is 0. The third kappa shape index (κ3) is 4.78. The Kier molecular flexibility index (Phi) is 6.33. The molecule has 1 aromatic carbocycles. The molecule has 0 spiro atoms. The molecule has 2 amide bonds. The van der Waals surface area contributed by atoms with Gasteiger partial charge < -0.3 is 4.74 Å². The average molecular weight is 355 g/mol. The number of imide groups is 1. The summed E-state index contributed by atoms with van der Waals surface area (Å²) in [5.74, 6) is -0.759. The van der Waals surface area contributed by atoms with Crippen LogP contribution in [0.5, 0.6) is 5.75 Å². The van der Waals surface area contributed by atoms with Gasteiger partial charge in [0.15, 0.2) is 0 Å². The van der Waals surface area contributed by atoms with E-state index in [1.54, 1.807) is 0 Å². The molecule has 1 saturated heterocycles. The van der Waals surface area contributed by atoms with Gasteiger partial charge in [-0.05, 0) is 30.7 Å².